The van der Waals surface area contributed by atoms with Crippen LogP contribution in [-0.2, 0) is 5.41 Å². The standard InChI is InChI=1S/C20H18S/c1-4-7-13-12-20(2,3)16-11-10-15-14-8-5-6-9-17(14)21-19(15)18(13)16/h4-11H,1,12H2,2-3H3/b13-7+. The molecule has 0 amide bonds. The van der Waals surface area contributed by atoms with Crippen LogP contribution in [0.25, 0.3) is 25.7 Å². The van der Waals surface area contributed by atoms with E-state index in [1.54, 1.807) is 0 Å². The highest BCUT2D eigenvalue weighted by atomic mass is 32.1. The zero-order chi connectivity index (χ0) is 14.6. The second kappa shape index (κ2) is 4.32. The lowest BCUT2D eigenvalue weighted by molar-refractivity contribution is 0.563. The van der Waals surface area contributed by atoms with Gasteiger partial charge in [-0.3, -0.25) is 0 Å². The van der Waals surface area contributed by atoms with Crippen molar-refractivity contribution >= 4 is 37.1 Å². The molecule has 2 aromatic carbocycles. The van der Waals surface area contributed by atoms with Crippen LogP contribution in [0.2, 0.25) is 0 Å². The van der Waals surface area contributed by atoms with Crippen LogP contribution in [0.15, 0.2) is 55.1 Å². The van der Waals surface area contributed by atoms with Crippen LogP contribution in [0.4, 0.5) is 0 Å². The smallest absolute Gasteiger partial charge is 0.0433 e. The van der Waals surface area contributed by atoms with Gasteiger partial charge < -0.3 is 0 Å². The highest BCUT2D eigenvalue weighted by Crippen LogP contribution is 2.50. The van der Waals surface area contributed by atoms with Gasteiger partial charge >= 0.3 is 0 Å². The molecule has 0 fully saturated rings. The first kappa shape index (κ1) is 12.8. The lowest BCUT2D eigenvalue weighted by Gasteiger charge is -2.18. The molecular formula is C20H18S. The Balaban J connectivity index is 2.17. The normalized spacial score (nSPS) is 18.5. The van der Waals surface area contributed by atoms with Crippen LogP contribution in [0.5, 0.6) is 0 Å². The predicted molar refractivity (Wildman–Crippen MR) is 95.1 cm³/mol. The Morgan fingerprint density at radius 2 is 1.90 bits per heavy atom. The molecule has 1 heteroatoms. The van der Waals surface area contributed by atoms with Gasteiger partial charge in [0.05, 0.1) is 0 Å². The van der Waals surface area contributed by atoms with Crippen LogP contribution in [-0.4, -0.2) is 0 Å². The van der Waals surface area contributed by atoms with Gasteiger partial charge in [0.15, 0.2) is 0 Å². The molecule has 0 radical (unpaired) electrons. The number of thiophene rings is 1. The third-order valence-electron chi connectivity index (χ3n) is 4.55. The van der Waals surface area contributed by atoms with Crippen molar-refractivity contribution in [2.75, 3.05) is 0 Å². The Labute approximate surface area is 129 Å². The van der Waals surface area contributed by atoms with Crippen molar-refractivity contribution < 1.29 is 0 Å². The Morgan fingerprint density at radius 3 is 2.71 bits per heavy atom. The van der Waals surface area contributed by atoms with Crippen molar-refractivity contribution in [3.63, 3.8) is 0 Å². The first-order chi connectivity index (χ1) is 10.1. The summed E-state index contributed by atoms with van der Waals surface area (Å²) < 4.78 is 2.82. The minimum absolute atomic E-state index is 0.217. The van der Waals surface area contributed by atoms with E-state index in [1.165, 1.54) is 36.9 Å². The molecule has 1 heterocycles. The van der Waals surface area contributed by atoms with E-state index in [2.05, 4.69) is 62.9 Å². The molecule has 104 valence electrons. The van der Waals surface area contributed by atoms with Crippen molar-refractivity contribution in [2.45, 2.75) is 25.7 Å². The topological polar surface area (TPSA) is 0 Å². The third kappa shape index (κ3) is 1.74. The molecule has 0 saturated heterocycles. The maximum absolute atomic E-state index is 3.89. The average molecular weight is 290 g/mol. The van der Waals surface area contributed by atoms with Crippen LogP contribution in [0, 0.1) is 0 Å². The highest BCUT2D eigenvalue weighted by Gasteiger charge is 2.34. The zero-order valence-corrected chi connectivity index (χ0v) is 13.3. The monoisotopic (exact) mass is 290 g/mol. The fourth-order valence-corrected chi connectivity index (χ4v) is 4.90. The van der Waals surface area contributed by atoms with E-state index in [9.17, 15) is 0 Å². The molecular weight excluding hydrogens is 272 g/mol. The van der Waals surface area contributed by atoms with Gasteiger partial charge in [-0.15, -0.1) is 11.3 Å². The molecule has 0 unspecified atom stereocenters. The van der Waals surface area contributed by atoms with Crippen molar-refractivity contribution in [1.82, 2.24) is 0 Å². The second-order valence-electron chi connectivity index (χ2n) is 6.45. The minimum atomic E-state index is 0.217. The van der Waals surface area contributed by atoms with Crippen molar-refractivity contribution in [2.24, 2.45) is 0 Å². The highest BCUT2D eigenvalue weighted by molar-refractivity contribution is 7.26. The van der Waals surface area contributed by atoms with E-state index < -0.39 is 0 Å². The summed E-state index contributed by atoms with van der Waals surface area (Å²) in [7, 11) is 0. The molecule has 0 aliphatic heterocycles. The van der Waals surface area contributed by atoms with Crippen molar-refractivity contribution in [3.05, 3.63) is 66.3 Å². The second-order valence-corrected chi connectivity index (χ2v) is 7.50. The molecule has 3 aromatic rings. The molecule has 21 heavy (non-hydrogen) atoms. The van der Waals surface area contributed by atoms with Gasteiger partial charge in [0.1, 0.15) is 0 Å². The fourth-order valence-electron chi connectivity index (χ4n) is 3.62. The van der Waals surface area contributed by atoms with Gasteiger partial charge in [0.25, 0.3) is 0 Å². The van der Waals surface area contributed by atoms with E-state index in [0.717, 1.165) is 6.42 Å². The Kier molecular flexibility index (Phi) is 2.64. The van der Waals surface area contributed by atoms with Gasteiger partial charge in [-0.05, 0) is 34.6 Å². The zero-order valence-electron chi connectivity index (χ0n) is 12.4. The summed E-state index contributed by atoms with van der Waals surface area (Å²) in [5, 5.41) is 2.77. The quantitative estimate of drug-likeness (QED) is 0.493. The molecule has 0 saturated carbocycles. The Morgan fingerprint density at radius 1 is 1.10 bits per heavy atom. The van der Waals surface area contributed by atoms with Gasteiger partial charge in [-0.25, -0.2) is 0 Å². The first-order valence-corrected chi connectivity index (χ1v) is 8.20. The molecule has 0 spiro atoms. The van der Waals surface area contributed by atoms with E-state index in [4.69, 9.17) is 0 Å². The molecule has 1 aromatic heterocycles. The number of hydrogen-bond acceptors (Lipinski definition) is 1. The maximum Gasteiger partial charge on any atom is 0.0433 e. The summed E-state index contributed by atoms with van der Waals surface area (Å²) >= 11 is 1.92. The maximum atomic E-state index is 3.89. The minimum Gasteiger partial charge on any atom is -0.135 e. The van der Waals surface area contributed by atoms with E-state index in [1.807, 2.05) is 17.4 Å². The SMILES string of the molecule is C=C/C=C1\CC(C)(C)c2ccc3c(sc4ccccc43)c21. The number of hydrogen-bond donors (Lipinski definition) is 0. The molecule has 0 N–H and O–H groups in total. The van der Waals surface area contributed by atoms with E-state index >= 15 is 0 Å². The molecule has 0 nitrogen and oxygen atoms in total. The van der Waals surface area contributed by atoms with Crippen LogP contribution in [0.1, 0.15) is 31.4 Å². The number of benzene rings is 2. The lowest BCUT2D eigenvalue weighted by Crippen LogP contribution is -2.11. The van der Waals surface area contributed by atoms with E-state index in [-0.39, 0.29) is 5.41 Å². The molecule has 1 aliphatic rings. The molecule has 0 atom stereocenters. The first-order valence-electron chi connectivity index (χ1n) is 7.38. The molecule has 4 rings (SSSR count). The predicted octanol–water partition coefficient (Wildman–Crippen LogP) is 6.31. The summed E-state index contributed by atoms with van der Waals surface area (Å²) in [6.07, 6.45) is 5.21. The van der Waals surface area contributed by atoms with Gasteiger partial charge in [-0.2, -0.15) is 0 Å². The number of rotatable bonds is 1. The van der Waals surface area contributed by atoms with Crippen molar-refractivity contribution in [1.29, 1.82) is 0 Å². The van der Waals surface area contributed by atoms with Crippen LogP contribution < -0.4 is 0 Å². The van der Waals surface area contributed by atoms with Crippen LogP contribution >= 0.6 is 11.3 Å². The van der Waals surface area contributed by atoms with Gasteiger partial charge in [0, 0.05) is 20.2 Å². The Bertz CT molecular complexity index is 906. The van der Waals surface area contributed by atoms with E-state index in [0.29, 0.717) is 0 Å². The number of allylic oxidation sites excluding steroid dienone is 3. The summed E-state index contributed by atoms with van der Waals surface area (Å²) in [4.78, 5) is 0. The average Bonchev–Trinajstić information content (AvgIpc) is 2.95. The summed E-state index contributed by atoms with van der Waals surface area (Å²) in [6.45, 7) is 8.58. The van der Waals surface area contributed by atoms with Crippen LogP contribution in [0.3, 0.4) is 0 Å². The number of fused-ring (bicyclic) bond motifs is 5. The summed E-state index contributed by atoms with van der Waals surface area (Å²) in [6, 6.07) is 13.4. The third-order valence-corrected chi connectivity index (χ3v) is 5.75. The van der Waals surface area contributed by atoms with Gasteiger partial charge in [0.2, 0.25) is 0 Å². The Hall–Kier alpha value is -1.86. The summed E-state index contributed by atoms with van der Waals surface area (Å²) in [5.74, 6) is 0. The van der Waals surface area contributed by atoms with Gasteiger partial charge in [-0.1, -0.05) is 62.9 Å². The largest absolute Gasteiger partial charge is 0.135 e. The molecule has 1 aliphatic carbocycles. The lowest BCUT2D eigenvalue weighted by atomic mass is 9.86. The summed E-state index contributed by atoms with van der Waals surface area (Å²) in [5.41, 5.74) is 4.59. The van der Waals surface area contributed by atoms with Crippen molar-refractivity contribution in [3.8, 4) is 0 Å². The fraction of sp³-hybridized carbons (Fsp3) is 0.200. The molecule has 0 bridgehead atoms.